The molecule has 18 heavy (non-hydrogen) atoms. The first-order valence-corrected chi connectivity index (χ1v) is 6.70. The van der Waals surface area contributed by atoms with E-state index in [-0.39, 0.29) is 29.8 Å². The largest absolute Gasteiger partial charge is 0.352 e. The van der Waals surface area contributed by atoms with Gasteiger partial charge in [-0.3, -0.25) is 4.79 Å². The van der Waals surface area contributed by atoms with Gasteiger partial charge >= 0.3 is 0 Å². The van der Waals surface area contributed by atoms with Crippen LogP contribution in [0.5, 0.6) is 0 Å². The van der Waals surface area contributed by atoms with Gasteiger partial charge in [0.2, 0.25) is 5.91 Å². The summed E-state index contributed by atoms with van der Waals surface area (Å²) in [6.45, 7) is 12.5. The lowest BCUT2D eigenvalue weighted by atomic mass is 9.87. The lowest BCUT2D eigenvalue weighted by Crippen LogP contribution is -2.50. The van der Waals surface area contributed by atoms with Gasteiger partial charge in [-0.15, -0.1) is 12.4 Å². The molecule has 0 heterocycles. The summed E-state index contributed by atoms with van der Waals surface area (Å²) in [5.41, 5.74) is 5.73. The van der Waals surface area contributed by atoms with E-state index >= 15 is 0 Å². The molecule has 0 saturated heterocycles. The third-order valence-corrected chi connectivity index (χ3v) is 3.02. The maximum absolute atomic E-state index is 11.9. The van der Waals surface area contributed by atoms with Gasteiger partial charge in [0.05, 0.1) is 6.04 Å². The summed E-state index contributed by atoms with van der Waals surface area (Å²) < 4.78 is 0. The maximum Gasteiger partial charge on any atom is 0.237 e. The minimum Gasteiger partial charge on any atom is -0.352 e. The zero-order chi connectivity index (χ0) is 13.6. The Bertz CT molecular complexity index is 236. The fourth-order valence-corrected chi connectivity index (χ4v) is 1.63. The second-order valence-electron chi connectivity index (χ2n) is 6.58. The first-order chi connectivity index (χ1) is 7.64. The van der Waals surface area contributed by atoms with Gasteiger partial charge in [-0.25, -0.2) is 0 Å². The highest BCUT2D eigenvalue weighted by Crippen LogP contribution is 2.17. The molecule has 0 saturated carbocycles. The summed E-state index contributed by atoms with van der Waals surface area (Å²) >= 11 is 0. The highest BCUT2D eigenvalue weighted by molar-refractivity contribution is 5.85. The van der Waals surface area contributed by atoms with Crippen molar-refractivity contribution < 1.29 is 4.79 Å². The average Bonchev–Trinajstić information content (AvgIpc) is 2.14. The van der Waals surface area contributed by atoms with Crippen molar-refractivity contribution in [2.45, 2.75) is 72.9 Å². The minimum atomic E-state index is -0.435. The Morgan fingerprint density at radius 1 is 1.17 bits per heavy atom. The van der Waals surface area contributed by atoms with Crippen molar-refractivity contribution in [3.8, 4) is 0 Å². The molecule has 110 valence electrons. The molecule has 0 aliphatic carbocycles. The second-order valence-corrected chi connectivity index (χ2v) is 6.58. The molecular formula is C14H31ClN2O. The molecule has 0 aromatic rings. The molecule has 0 aliphatic heterocycles. The molecule has 1 amide bonds. The smallest absolute Gasteiger partial charge is 0.237 e. The van der Waals surface area contributed by atoms with Gasteiger partial charge in [0.1, 0.15) is 0 Å². The van der Waals surface area contributed by atoms with Crippen molar-refractivity contribution in [3.05, 3.63) is 0 Å². The first kappa shape index (κ1) is 20.0. The molecule has 0 aromatic carbocycles. The van der Waals surface area contributed by atoms with Crippen molar-refractivity contribution in [1.82, 2.24) is 5.32 Å². The molecule has 0 bridgehead atoms. The fraction of sp³-hybridized carbons (Fsp3) is 0.929. The van der Waals surface area contributed by atoms with Gasteiger partial charge in [0, 0.05) is 6.04 Å². The number of hydrogen-bond acceptors (Lipinski definition) is 2. The van der Waals surface area contributed by atoms with Crippen LogP contribution in [0.15, 0.2) is 0 Å². The van der Waals surface area contributed by atoms with Gasteiger partial charge in [-0.05, 0) is 24.7 Å². The Labute approximate surface area is 119 Å². The molecule has 0 aliphatic rings. The molecule has 0 spiro atoms. The van der Waals surface area contributed by atoms with Crippen LogP contribution in [0.4, 0.5) is 0 Å². The molecule has 0 fully saturated rings. The number of nitrogens with one attached hydrogen (secondary N) is 1. The van der Waals surface area contributed by atoms with Crippen LogP contribution in [0.2, 0.25) is 0 Å². The van der Waals surface area contributed by atoms with Gasteiger partial charge in [0.15, 0.2) is 0 Å². The lowest BCUT2D eigenvalue weighted by molar-refractivity contribution is -0.125. The molecule has 0 rings (SSSR count). The second kappa shape index (κ2) is 8.76. The van der Waals surface area contributed by atoms with E-state index in [0.29, 0.717) is 0 Å². The average molecular weight is 279 g/mol. The third kappa shape index (κ3) is 8.76. The van der Waals surface area contributed by atoms with E-state index in [4.69, 9.17) is 5.73 Å². The predicted octanol–water partition coefficient (Wildman–Crippen LogP) is 3.11. The van der Waals surface area contributed by atoms with Crippen LogP contribution in [0.1, 0.15) is 60.8 Å². The Kier molecular flexibility index (Phi) is 9.75. The van der Waals surface area contributed by atoms with Crippen molar-refractivity contribution in [3.63, 3.8) is 0 Å². The van der Waals surface area contributed by atoms with Gasteiger partial charge < -0.3 is 11.1 Å². The quantitative estimate of drug-likeness (QED) is 0.784. The molecule has 0 radical (unpaired) electrons. The number of carbonyl (C=O) groups excluding carboxylic acids is 1. The number of amides is 1. The van der Waals surface area contributed by atoms with Crippen LogP contribution in [0.3, 0.4) is 0 Å². The summed E-state index contributed by atoms with van der Waals surface area (Å²) in [5, 5.41) is 3.00. The Morgan fingerprint density at radius 2 is 1.67 bits per heavy atom. The SMILES string of the molecule is CC(C)CCCC(C)NC(=O)[C@@H](N)C(C)(C)C.Cl. The molecule has 4 heteroatoms. The van der Waals surface area contributed by atoms with E-state index in [1.54, 1.807) is 0 Å². The van der Waals surface area contributed by atoms with E-state index in [2.05, 4.69) is 19.2 Å². The number of halogens is 1. The topological polar surface area (TPSA) is 55.1 Å². The summed E-state index contributed by atoms with van der Waals surface area (Å²) in [6.07, 6.45) is 3.40. The van der Waals surface area contributed by atoms with E-state index < -0.39 is 6.04 Å². The van der Waals surface area contributed by atoms with Gasteiger partial charge in [-0.2, -0.15) is 0 Å². The molecule has 3 nitrogen and oxygen atoms in total. The van der Waals surface area contributed by atoms with E-state index in [1.807, 2.05) is 27.7 Å². The van der Waals surface area contributed by atoms with Crippen molar-refractivity contribution in [2.75, 3.05) is 0 Å². The number of nitrogens with two attached hydrogens (primary N) is 1. The highest BCUT2D eigenvalue weighted by Gasteiger charge is 2.27. The van der Waals surface area contributed by atoms with E-state index in [0.717, 1.165) is 18.8 Å². The van der Waals surface area contributed by atoms with Crippen LogP contribution < -0.4 is 11.1 Å². The zero-order valence-corrected chi connectivity index (χ0v) is 13.6. The molecule has 3 N–H and O–H groups in total. The lowest BCUT2D eigenvalue weighted by Gasteiger charge is -2.27. The summed E-state index contributed by atoms with van der Waals surface area (Å²) in [7, 11) is 0. The summed E-state index contributed by atoms with van der Waals surface area (Å²) in [6, 6.07) is -0.218. The number of hydrogen-bond donors (Lipinski definition) is 2. The monoisotopic (exact) mass is 278 g/mol. The third-order valence-electron chi connectivity index (χ3n) is 3.02. The number of rotatable bonds is 6. The van der Waals surface area contributed by atoms with Crippen LogP contribution in [-0.4, -0.2) is 18.0 Å². The normalized spacial score (nSPS) is 14.9. The predicted molar refractivity (Wildman–Crippen MR) is 81.0 cm³/mol. The van der Waals surface area contributed by atoms with Crippen LogP contribution in [0.25, 0.3) is 0 Å². The Hall–Kier alpha value is -0.280. The Morgan fingerprint density at radius 3 is 2.06 bits per heavy atom. The van der Waals surface area contributed by atoms with Crippen molar-refractivity contribution in [1.29, 1.82) is 0 Å². The maximum atomic E-state index is 11.9. The standard InChI is InChI=1S/C14H30N2O.ClH/c1-10(2)8-7-9-11(3)16-13(17)12(15)14(4,5)6;/h10-12H,7-9,15H2,1-6H3,(H,16,17);1H/t11?,12-;/m1./s1. The molecule has 2 atom stereocenters. The first-order valence-electron chi connectivity index (χ1n) is 6.70. The van der Waals surface area contributed by atoms with Crippen LogP contribution >= 0.6 is 12.4 Å². The van der Waals surface area contributed by atoms with E-state index in [9.17, 15) is 4.79 Å². The van der Waals surface area contributed by atoms with Crippen LogP contribution in [-0.2, 0) is 4.79 Å². The Balaban J connectivity index is 0. The summed E-state index contributed by atoms with van der Waals surface area (Å²) in [4.78, 5) is 11.9. The highest BCUT2D eigenvalue weighted by atomic mass is 35.5. The minimum absolute atomic E-state index is 0. The summed E-state index contributed by atoms with van der Waals surface area (Å²) in [5.74, 6) is 0.698. The molecular weight excluding hydrogens is 248 g/mol. The number of carbonyl (C=O) groups is 1. The van der Waals surface area contributed by atoms with Crippen molar-refractivity contribution >= 4 is 18.3 Å². The molecule has 1 unspecified atom stereocenters. The molecule has 0 aromatic heterocycles. The van der Waals surface area contributed by atoms with Crippen molar-refractivity contribution in [2.24, 2.45) is 17.1 Å². The zero-order valence-electron chi connectivity index (χ0n) is 12.7. The van der Waals surface area contributed by atoms with Gasteiger partial charge in [0.25, 0.3) is 0 Å². The van der Waals surface area contributed by atoms with Crippen LogP contribution in [0, 0.1) is 11.3 Å². The van der Waals surface area contributed by atoms with E-state index in [1.165, 1.54) is 6.42 Å². The fourth-order valence-electron chi connectivity index (χ4n) is 1.63. The van der Waals surface area contributed by atoms with Gasteiger partial charge in [-0.1, -0.05) is 47.5 Å².